The molecule has 0 spiro atoms. The number of aromatic nitrogens is 1. The highest BCUT2D eigenvalue weighted by atomic mass is 32.1. The number of aryl methyl sites for hydroxylation is 1. The summed E-state index contributed by atoms with van der Waals surface area (Å²) in [5.74, 6) is -0.649. The zero-order chi connectivity index (χ0) is 27.5. The van der Waals surface area contributed by atoms with E-state index >= 15 is 0 Å². The first-order valence-electron chi connectivity index (χ1n) is 11.4. The number of carbonyl (C=O) groups is 3. The van der Waals surface area contributed by atoms with Crippen molar-refractivity contribution in [3.8, 4) is 11.5 Å². The highest BCUT2D eigenvalue weighted by Gasteiger charge is 2.40. The number of carbonyl (C=O) groups excluding carboxylic acids is 3. The summed E-state index contributed by atoms with van der Waals surface area (Å²) in [5.41, 5.74) is 10.7. The Hall–Kier alpha value is -4.06. The lowest BCUT2D eigenvalue weighted by atomic mass is 10.00. The minimum atomic E-state index is -1.29. The second-order valence-electron chi connectivity index (χ2n) is 8.93. The number of hydrogen-bond acceptors (Lipinski definition) is 9. The third-order valence-electron chi connectivity index (χ3n) is 5.90. The number of anilines is 2. The lowest BCUT2D eigenvalue weighted by Gasteiger charge is -2.33. The summed E-state index contributed by atoms with van der Waals surface area (Å²) in [6.45, 7) is 7.40. The van der Waals surface area contributed by atoms with Crippen LogP contribution in [0.1, 0.15) is 64.9 Å². The zero-order valence-corrected chi connectivity index (χ0v) is 22.4. The Morgan fingerprint density at radius 2 is 1.89 bits per heavy atom. The van der Waals surface area contributed by atoms with Crippen LogP contribution in [0.15, 0.2) is 34.7 Å². The molecule has 12 heteroatoms. The van der Waals surface area contributed by atoms with Gasteiger partial charge >= 0.3 is 0 Å². The molecule has 0 fully saturated rings. The fraction of sp³-hybridized carbons (Fsp3) is 0.360. The molecule has 2 aromatic heterocycles. The van der Waals surface area contributed by atoms with E-state index in [1.807, 2.05) is 20.8 Å². The molecule has 3 amide bonds. The van der Waals surface area contributed by atoms with Crippen molar-refractivity contribution in [1.82, 2.24) is 9.69 Å². The largest absolute Gasteiger partial charge is 0.497 e. The molecule has 0 radical (unpaired) electrons. The van der Waals surface area contributed by atoms with Crippen LogP contribution in [-0.2, 0) is 4.79 Å². The number of nitrogens with two attached hydrogens (primary N) is 2. The summed E-state index contributed by atoms with van der Waals surface area (Å²) in [4.78, 5) is 41.0. The van der Waals surface area contributed by atoms with Gasteiger partial charge in [0, 0.05) is 11.6 Å². The third kappa shape index (κ3) is 5.69. The number of nitrogens with one attached hydrogen (secondary N) is 1. The number of methoxy groups -OCH3 is 2. The molecule has 2 heterocycles. The normalized spacial score (nSPS) is 12.1. The molecule has 3 rings (SSSR count). The number of benzene rings is 1. The summed E-state index contributed by atoms with van der Waals surface area (Å²) in [6.07, 6.45) is 0.628. The molecule has 1 unspecified atom stereocenters. The van der Waals surface area contributed by atoms with Crippen molar-refractivity contribution in [2.75, 3.05) is 24.9 Å². The van der Waals surface area contributed by atoms with Crippen LogP contribution < -0.4 is 31.2 Å². The van der Waals surface area contributed by atoms with E-state index in [9.17, 15) is 14.4 Å². The molecule has 0 aliphatic carbocycles. The number of hydrogen-bond donors (Lipinski definition) is 3. The van der Waals surface area contributed by atoms with E-state index in [0.717, 1.165) is 0 Å². The number of ether oxygens (including phenoxy) is 2. The molecule has 0 saturated carbocycles. The maximum atomic E-state index is 14.2. The Balaban J connectivity index is 2.31. The quantitative estimate of drug-likeness (QED) is 0.360. The van der Waals surface area contributed by atoms with Gasteiger partial charge in [-0.2, -0.15) is 4.37 Å². The monoisotopic (exact) mass is 529 g/mol. The molecule has 37 heavy (non-hydrogen) atoms. The minimum Gasteiger partial charge on any atom is -0.497 e. The molecule has 1 atom stereocenters. The lowest BCUT2D eigenvalue weighted by molar-refractivity contribution is -0.124. The van der Waals surface area contributed by atoms with Gasteiger partial charge in [0.25, 0.3) is 17.7 Å². The van der Waals surface area contributed by atoms with Crippen molar-refractivity contribution >= 4 is 40.6 Å². The number of rotatable bonds is 10. The Bertz CT molecular complexity index is 1310. The molecule has 5 N–H and O–H groups in total. The van der Waals surface area contributed by atoms with Gasteiger partial charge in [0.15, 0.2) is 11.7 Å². The van der Waals surface area contributed by atoms with E-state index in [1.165, 1.54) is 19.1 Å². The van der Waals surface area contributed by atoms with Crippen molar-refractivity contribution in [3.05, 3.63) is 52.4 Å². The standard InChI is InChI=1S/C25H31N5O6S/c1-7-25(3,4)28-23(32)20(17-10-8-13(2)36-17)30(15-12-14(34-5)9-11-16(15)35-6)24(33)21-18(26)19(22(27)31)29-37-21/h8-12,20H,7,26H2,1-6H3,(H2,27,31)(H,28,32). The van der Waals surface area contributed by atoms with Gasteiger partial charge in [-0.3, -0.25) is 19.3 Å². The van der Waals surface area contributed by atoms with Crippen LogP contribution in [0.3, 0.4) is 0 Å². The molecule has 11 nitrogen and oxygen atoms in total. The Labute approximate surface area is 218 Å². The van der Waals surface area contributed by atoms with Crippen LogP contribution in [0.4, 0.5) is 11.4 Å². The number of amides is 3. The van der Waals surface area contributed by atoms with Gasteiger partial charge in [0.05, 0.1) is 25.6 Å². The van der Waals surface area contributed by atoms with Crippen molar-refractivity contribution < 1.29 is 28.3 Å². The fourth-order valence-electron chi connectivity index (χ4n) is 3.55. The van der Waals surface area contributed by atoms with Crippen LogP contribution in [0.2, 0.25) is 0 Å². The first-order valence-corrected chi connectivity index (χ1v) is 12.2. The average molecular weight is 530 g/mol. The van der Waals surface area contributed by atoms with Crippen molar-refractivity contribution in [2.45, 2.75) is 45.7 Å². The summed E-state index contributed by atoms with van der Waals surface area (Å²) in [7, 11) is 2.91. The summed E-state index contributed by atoms with van der Waals surface area (Å²) >= 11 is 0.705. The van der Waals surface area contributed by atoms with Crippen LogP contribution >= 0.6 is 11.5 Å². The lowest BCUT2D eigenvalue weighted by Crippen LogP contribution is -2.50. The minimum absolute atomic E-state index is 0.0745. The number of nitrogen functional groups attached to an aromatic ring is 1. The first-order chi connectivity index (χ1) is 17.4. The zero-order valence-electron chi connectivity index (χ0n) is 21.6. The number of furan rings is 1. The van der Waals surface area contributed by atoms with Crippen LogP contribution in [0.5, 0.6) is 11.5 Å². The molecular weight excluding hydrogens is 498 g/mol. The van der Waals surface area contributed by atoms with E-state index in [0.29, 0.717) is 29.5 Å². The topological polar surface area (TPSA) is 163 Å². The van der Waals surface area contributed by atoms with E-state index < -0.39 is 29.3 Å². The highest BCUT2D eigenvalue weighted by Crippen LogP contribution is 2.40. The van der Waals surface area contributed by atoms with Crippen LogP contribution in [0, 0.1) is 6.92 Å². The highest BCUT2D eigenvalue weighted by molar-refractivity contribution is 7.09. The van der Waals surface area contributed by atoms with E-state index in [-0.39, 0.29) is 33.5 Å². The maximum absolute atomic E-state index is 14.2. The number of primary amides is 1. The second-order valence-corrected chi connectivity index (χ2v) is 9.70. The van der Waals surface area contributed by atoms with E-state index in [1.54, 1.807) is 37.3 Å². The van der Waals surface area contributed by atoms with Crippen molar-refractivity contribution in [3.63, 3.8) is 0 Å². The van der Waals surface area contributed by atoms with Crippen LogP contribution in [0.25, 0.3) is 0 Å². The van der Waals surface area contributed by atoms with Crippen molar-refractivity contribution in [1.29, 1.82) is 0 Å². The molecule has 0 aliphatic rings. The average Bonchev–Trinajstić information content (AvgIpc) is 3.46. The molecule has 1 aromatic carbocycles. The Morgan fingerprint density at radius 3 is 2.41 bits per heavy atom. The molecule has 198 valence electrons. The summed E-state index contributed by atoms with van der Waals surface area (Å²) in [5, 5.41) is 2.99. The van der Waals surface area contributed by atoms with Crippen molar-refractivity contribution in [2.24, 2.45) is 5.73 Å². The molecular formula is C25H31N5O6S. The predicted molar refractivity (Wildman–Crippen MR) is 140 cm³/mol. The molecule has 0 saturated heterocycles. The maximum Gasteiger partial charge on any atom is 0.273 e. The Morgan fingerprint density at radius 1 is 1.19 bits per heavy atom. The van der Waals surface area contributed by atoms with Crippen LogP contribution in [-0.4, -0.2) is 41.9 Å². The van der Waals surface area contributed by atoms with Gasteiger partial charge in [-0.05, 0) is 63.0 Å². The molecule has 3 aromatic rings. The predicted octanol–water partition coefficient (Wildman–Crippen LogP) is 3.44. The van der Waals surface area contributed by atoms with Gasteiger partial charge in [-0.25, -0.2) is 0 Å². The summed E-state index contributed by atoms with van der Waals surface area (Å²) < 4.78 is 20.8. The van der Waals surface area contributed by atoms with E-state index in [4.69, 9.17) is 25.4 Å². The Kier molecular flexibility index (Phi) is 8.12. The SMILES string of the molecule is CCC(C)(C)NC(=O)C(c1ccc(C)o1)N(C(=O)c1snc(C(N)=O)c1N)c1cc(OC)ccc1OC. The third-order valence-corrected chi connectivity index (χ3v) is 6.75. The van der Waals surface area contributed by atoms with Gasteiger partial charge in [-0.15, -0.1) is 0 Å². The molecule has 0 aliphatic heterocycles. The second kappa shape index (κ2) is 10.9. The van der Waals surface area contributed by atoms with Gasteiger partial charge < -0.3 is 30.7 Å². The fourth-order valence-corrected chi connectivity index (χ4v) is 4.30. The smallest absolute Gasteiger partial charge is 0.273 e. The number of nitrogens with zero attached hydrogens (tertiary/aromatic N) is 2. The van der Waals surface area contributed by atoms with Gasteiger partial charge in [0.2, 0.25) is 0 Å². The van der Waals surface area contributed by atoms with Gasteiger partial charge in [0.1, 0.15) is 27.9 Å². The summed E-state index contributed by atoms with van der Waals surface area (Å²) in [6, 6.07) is 6.85. The molecule has 0 bridgehead atoms. The first kappa shape index (κ1) is 27.5. The van der Waals surface area contributed by atoms with E-state index in [2.05, 4.69) is 9.69 Å². The van der Waals surface area contributed by atoms with Gasteiger partial charge in [-0.1, -0.05) is 6.92 Å².